The Morgan fingerprint density at radius 2 is 2.08 bits per heavy atom. The topological polar surface area (TPSA) is 83.6 Å². The number of carbonyl (C=O) groups excluding carboxylic acids is 1. The summed E-state index contributed by atoms with van der Waals surface area (Å²) in [5.41, 5.74) is 0.988. The second kappa shape index (κ2) is 7.54. The number of rotatable bonds is 5. The van der Waals surface area contributed by atoms with Gasteiger partial charge in [0.15, 0.2) is 5.82 Å². The molecule has 1 amide bonds. The van der Waals surface area contributed by atoms with Gasteiger partial charge in [0.25, 0.3) is 0 Å². The number of nitrogens with zero attached hydrogens (tertiary/aromatic N) is 3. The van der Waals surface area contributed by atoms with Crippen LogP contribution in [0, 0.1) is 5.82 Å². The van der Waals surface area contributed by atoms with Gasteiger partial charge in [-0.3, -0.25) is 14.9 Å². The third-order valence-corrected chi connectivity index (χ3v) is 4.30. The van der Waals surface area contributed by atoms with Crippen LogP contribution in [0.2, 0.25) is 0 Å². The van der Waals surface area contributed by atoms with Gasteiger partial charge in [0.05, 0.1) is 11.4 Å². The third kappa shape index (κ3) is 4.18. The van der Waals surface area contributed by atoms with E-state index < -0.39 is 5.82 Å². The lowest BCUT2D eigenvalue weighted by Crippen LogP contribution is -2.15. The third-order valence-electron chi connectivity index (χ3n) is 2.96. The molecule has 0 aliphatic carbocycles. The molecule has 1 aromatic carbocycles. The number of hydrogen-bond acceptors (Lipinski definition) is 5. The van der Waals surface area contributed by atoms with E-state index in [0.29, 0.717) is 15.5 Å². The molecule has 0 atom stereocenters. The minimum absolute atomic E-state index is 0.0726. The van der Waals surface area contributed by atoms with Gasteiger partial charge >= 0.3 is 0 Å². The monoisotopic (exact) mass is 407 g/mol. The maximum atomic E-state index is 13.7. The van der Waals surface area contributed by atoms with Crippen LogP contribution in [0.25, 0.3) is 11.4 Å². The van der Waals surface area contributed by atoms with Crippen molar-refractivity contribution >= 4 is 39.3 Å². The predicted molar refractivity (Wildman–Crippen MR) is 93.1 cm³/mol. The number of aromatic amines is 1. The first-order valence-electron chi connectivity index (χ1n) is 6.82. The van der Waals surface area contributed by atoms with E-state index in [1.54, 1.807) is 30.6 Å². The number of hydrogen-bond donors (Lipinski definition) is 2. The molecule has 24 heavy (non-hydrogen) atoms. The highest BCUT2D eigenvalue weighted by Gasteiger charge is 2.11. The molecule has 3 aromatic rings. The van der Waals surface area contributed by atoms with Crippen molar-refractivity contribution in [1.82, 2.24) is 20.2 Å². The number of H-pyrrole nitrogens is 1. The van der Waals surface area contributed by atoms with Crippen LogP contribution in [0.15, 0.2) is 52.4 Å². The summed E-state index contributed by atoms with van der Waals surface area (Å²) >= 11 is 4.32. The van der Waals surface area contributed by atoms with E-state index in [0.717, 1.165) is 17.3 Å². The van der Waals surface area contributed by atoms with E-state index in [1.165, 1.54) is 12.1 Å². The Bertz CT molecular complexity index is 858. The van der Waals surface area contributed by atoms with Crippen molar-refractivity contribution in [3.63, 3.8) is 0 Å². The van der Waals surface area contributed by atoms with Gasteiger partial charge < -0.3 is 5.32 Å². The second-order valence-electron chi connectivity index (χ2n) is 4.66. The molecule has 2 N–H and O–H groups in total. The summed E-state index contributed by atoms with van der Waals surface area (Å²) in [5.74, 6) is -0.167. The Hall–Kier alpha value is -2.26. The van der Waals surface area contributed by atoms with Crippen molar-refractivity contribution < 1.29 is 9.18 Å². The fourth-order valence-electron chi connectivity index (χ4n) is 1.86. The molecule has 2 heterocycles. The molecule has 3 rings (SSSR count). The maximum Gasteiger partial charge on any atom is 0.234 e. The van der Waals surface area contributed by atoms with Crippen LogP contribution in [-0.4, -0.2) is 31.8 Å². The van der Waals surface area contributed by atoms with Crippen molar-refractivity contribution in [2.24, 2.45) is 0 Å². The first kappa shape index (κ1) is 16.6. The average Bonchev–Trinajstić information content (AvgIpc) is 3.05. The molecular weight excluding hydrogens is 397 g/mol. The van der Waals surface area contributed by atoms with Gasteiger partial charge in [0.1, 0.15) is 5.82 Å². The highest BCUT2D eigenvalue weighted by molar-refractivity contribution is 9.10. The van der Waals surface area contributed by atoms with Crippen LogP contribution in [0.5, 0.6) is 0 Å². The van der Waals surface area contributed by atoms with Crippen molar-refractivity contribution in [2.75, 3.05) is 11.1 Å². The number of amides is 1. The Balaban J connectivity index is 1.58. The number of halogens is 2. The molecule has 0 aliphatic heterocycles. The molecule has 6 nitrogen and oxygen atoms in total. The van der Waals surface area contributed by atoms with Crippen LogP contribution in [0.4, 0.5) is 10.1 Å². The number of nitrogens with one attached hydrogen (secondary N) is 2. The molecule has 122 valence electrons. The highest BCUT2D eigenvalue weighted by Crippen LogP contribution is 2.21. The quantitative estimate of drug-likeness (QED) is 0.632. The molecule has 9 heteroatoms. The highest BCUT2D eigenvalue weighted by atomic mass is 79.9. The van der Waals surface area contributed by atoms with Gasteiger partial charge in [-0.2, -0.15) is 0 Å². The summed E-state index contributed by atoms with van der Waals surface area (Å²) < 4.78 is 14.3. The van der Waals surface area contributed by atoms with Crippen LogP contribution >= 0.6 is 27.7 Å². The average molecular weight is 408 g/mol. The smallest absolute Gasteiger partial charge is 0.234 e. The fourth-order valence-corrected chi connectivity index (χ4v) is 2.79. The molecule has 0 radical (unpaired) electrons. The molecule has 0 aliphatic rings. The molecule has 0 saturated carbocycles. The van der Waals surface area contributed by atoms with Gasteiger partial charge in [0.2, 0.25) is 11.1 Å². The summed E-state index contributed by atoms with van der Waals surface area (Å²) in [5, 5.41) is 9.81. The van der Waals surface area contributed by atoms with Gasteiger partial charge in [-0.25, -0.2) is 9.37 Å². The lowest BCUT2D eigenvalue weighted by Gasteiger charge is -2.05. The minimum atomic E-state index is -0.499. The van der Waals surface area contributed by atoms with E-state index in [2.05, 4.69) is 41.4 Å². The Morgan fingerprint density at radius 3 is 2.83 bits per heavy atom. The molecule has 0 fully saturated rings. The standard InChI is InChI=1S/C15H11BrFN5OS/c16-10-1-2-12(11(17)7-10)19-13(23)8-24-15-20-14(21-22-15)9-3-5-18-6-4-9/h1-7H,8H2,(H,19,23)(H,20,21,22). The van der Waals surface area contributed by atoms with Crippen molar-refractivity contribution in [3.8, 4) is 11.4 Å². The fraction of sp³-hybridized carbons (Fsp3) is 0.0667. The number of aromatic nitrogens is 4. The Kier molecular flexibility index (Phi) is 5.21. The lowest BCUT2D eigenvalue weighted by atomic mass is 10.3. The van der Waals surface area contributed by atoms with Crippen molar-refractivity contribution in [3.05, 3.63) is 53.0 Å². The second-order valence-corrected chi connectivity index (χ2v) is 6.52. The number of pyridine rings is 1. The van der Waals surface area contributed by atoms with E-state index >= 15 is 0 Å². The van der Waals surface area contributed by atoms with Gasteiger partial charge in [0, 0.05) is 22.4 Å². The zero-order valence-electron chi connectivity index (χ0n) is 12.2. The molecule has 0 bridgehead atoms. The largest absolute Gasteiger partial charge is 0.323 e. The number of benzene rings is 1. The molecule has 0 spiro atoms. The van der Waals surface area contributed by atoms with Crippen LogP contribution in [0.3, 0.4) is 0 Å². The summed E-state index contributed by atoms with van der Waals surface area (Å²) in [6.45, 7) is 0. The Morgan fingerprint density at radius 1 is 1.29 bits per heavy atom. The lowest BCUT2D eigenvalue weighted by molar-refractivity contribution is -0.113. The molecule has 0 saturated heterocycles. The minimum Gasteiger partial charge on any atom is -0.323 e. The summed E-state index contributed by atoms with van der Waals surface area (Å²) in [6, 6.07) is 8.05. The first-order valence-corrected chi connectivity index (χ1v) is 8.60. The predicted octanol–water partition coefficient (Wildman–Crippen LogP) is 3.50. The zero-order valence-corrected chi connectivity index (χ0v) is 14.6. The zero-order chi connectivity index (χ0) is 16.9. The van der Waals surface area contributed by atoms with Gasteiger partial charge in [-0.05, 0) is 30.3 Å². The van der Waals surface area contributed by atoms with E-state index in [1.807, 2.05) is 0 Å². The van der Waals surface area contributed by atoms with Crippen LogP contribution in [-0.2, 0) is 4.79 Å². The Labute approximate surface area is 149 Å². The maximum absolute atomic E-state index is 13.7. The molecule has 0 unspecified atom stereocenters. The molecule has 2 aromatic heterocycles. The van der Waals surface area contributed by atoms with Crippen molar-refractivity contribution in [1.29, 1.82) is 0 Å². The van der Waals surface area contributed by atoms with Crippen molar-refractivity contribution in [2.45, 2.75) is 5.16 Å². The van der Waals surface area contributed by atoms with Crippen LogP contribution in [0.1, 0.15) is 0 Å². The van der Waals surface area contributed by atoms with E-state index in [-0.39, 0.29) is 17.3 Å². The summed E-state index contributed by atoms with van der Waals surface area (Å²) in [4.78, 5) is 20.1. The number of anilines is 1. The van der Waals surface area contributed by atoms with Gasteiger partial charge in [-0.1, -0.05) is 27.7 Å². The molecular formula is C15H11BrFN5OS. The first-order chi connectivity index (χ1) is 11.6. The van der Waals surface area contributed by atoms with E-state index in [4.69, 9.17) is 0 Å². The SMILES string of the molecule is O=C(CSc1n[nH]c(-c2ccncc2)n1)Nc1ccc(Br)cc1F. The normalized spacial score (nSPS) is 10.6. The van der Waals surface area contributed by atoms with Gasteiger partial charge in [-0.15, -0.1) is 5.10 Å². The summed E-state index contributed by atoms with van der Waals surface area (Å²) in [6.07, 6.45) is 3.32. The van der Waals surface area contributed by atoms with Crippen LogP contribution < -0.4 is 5.32 Å². The van der Waals surface area contributed by atoms with E-state index in [9.17, 15) is 9.18 Å². The summed E-state index contributed by atoms with van der Waals surface area (Å²) in [7, 11) is 0. The number of carbonyl (C=O) groups is 1. The number of thioether (sulfide) groups is 1.